The smallest absolute Gasteiger partial charge is 0.261 e. The van der Waals surface area contributed by atoms with E-state index in [1.54, 1.807) is 0 Å². The van der Waals surface area contributed by atoms with Crippen molar-refractivity contribution >= 4 is 29.0 Å². The van der Waals surface area contributed by atoms with E-state index in [1.165, 1.54) is 46.2 Å². The van der Waals surface area contributed by atoms with Crippen LogP contribution in [0.25, 0.3) is 0 Å². The second-order valence-corrected chi connectivity index (χ2v) is 6.54. The van der Waals surface area contributed by atoms with Gasteiger partial charge in [0.1, 0.15) is 17.5 Å². The maximum Gasteiger partial charge on any atom is 0.261 e. The summed E-state index contributed by atoms with van der Waals surface area (Å²) in [5.74, 6) is -1.35. The second-order valence-electron chi connectivity index (χ2n) is 6.13. The molecule has 1 aliphatic heterocycles. The molecule has 6 nitrogen and oxygen atoms in total. The minimum absolute atomic E-state index is 0.0932. The number of pyridine rings is 1. The number of benzene rings is 1. The third kappa shape index (κ3) is 3.02. The third-order valence-electron chi connectivity index (χ3n) is 4.51. The molecule has 1 amide bonds. The highest BCUT2D eigenvalue weighted by Crippen LogP contribution is 2.31. The SMILES string of the molecule is Nc1cc(N2CCc3c(cnn3Cc3c(F)cccc3F)C2=O)c(Cl)cn1. The number of hydrogen-bond donors (Lipinski definition) is 1. The van der Waals surface area contributed by atoms with E-state index in [0.29, 0.717) is 34.9 Å². The molecule has 0 fully saturated rings. The highest BCUT2D eigenvalue weighted by molar-refractivity contribution is 6.34. The van der Waals surface area contributed by atoms with E-state index in [0.717, 1.165) is 0 Å². The summed E-state index contributed by atoms with van der Waals surface area (Å²) in [6.45, 7) is 0.241. The lowest BCUT2D eigenvalue weighted by Crippen LogP contribution is -2.38. The largest absolute Gasteiger partial charge is 0.384 e. The Bertz CT molecular complexity index is 1030. The van der Waals surface area contributed by atoms with Crippen molar-refractivity contribution in [1.82, 2.24) is 14.8 Å². The fourth-order valence-corrected chi connectivity index (χ4v) is 3.37. The summed E-state index contributed by atoms with van der Waals surface area (Å²) in [4.78, 5) is 18.3. The van der Waals surface area contributed by atoms with E-state index < -0.39 is 11.6 Å². The Balaban J connectivity index is 1.67. The fourth-order valence-electron chi connectivity index (χ4n) is 3.17. The lowest BCUT2D eigenvalue weighted by Gasteiger charge is -2.28. The first kappa shape index (κ1) is 17.4. The number of halogens is 3. The Morgan fingerprint density at radius 3 is 2.70 bits per heavy atom. The van der Waals surface area contributed by atoms with Gasteiger partial charge in [-0.3, -0.25) is 9.48 Å². The molecule has 9 heteroatoms. The van der Waals surface area contributed by atoms with Gasteiger partial charge in [-0.05, 0) is 12.1 Å². The first-order chi connectivity index (χ1) is 13.0. The number of anilines is 2. The summed E-state index contributed by atoms with van der Waals surface area (Å²) in [7, 11) is 0. The Kier molecular flexibility index (Phi) is 4.27. The van der Waals surface area contributed by atoms with Crippen LogP contribution in [0.2, 0.25) is 5.02 Å². The number of nitrogens with zero attached hydrogens (tertiary/aromatic N) is 4. The summed E-state index contributed by atoms with van der Waals surface area (Å²) in [6.07, 6.45) is 3.25. The molecule has 1 aliphatic rings. The minimum atomic E-state index is -0.651. The predicted molar refractivity (Wildman–Crippen MR) is 96.7 cm³/mol. The standard InChI is InChI=1S/C18H14ClF2N5O/c19-12-8-23-17(22)6-16(12)25-5-4-15-10(18(25)27)7-24-26(15)9-11-13(20)2-1-3-14(11)21/h1-3,6-8H,4-5,9H2,(H2,22,23). The quantitative estimate of drug-likeness (QED) is 0.747. The van der Waals surface area contributed by atoms with Gasteiger partial charge in [-0.1, -0.05) is 17.7 Å². The number of nitrogen functional groups attached to an aromatic ring is 1. The van der Waals surface area contributed by atoms with Gasteiger partial charge in [-0.15, -0.1) is 0 Å². The maximum atomic E-state index is 13.9. The van der Waals surface area contributed by atoms with Crippen LogP contribution in [-0.4, -0.2) is 27.2 Å². The molecule has 2 N–H and O–H groups in total. The molecule has 0 unspecified atom stereocenters. The highest BCUT2D eigenvalue weighted by atomic mass is 35.5. The van der Waals surface area contributed by atoms with Gasteiger partial charge in [0.05, 0.1) is 40.9 Å². The van der Waals surface area contributed by atoms with Gasteiger partial charge in [0.15, 0.2) is 0 Å². The van der Waals surface area contributed by atoms with Crippen molar-refractivity contribution in [1.29, 1.82) is 0 Å². The number of hydrogen-bond acceptors (Lipinski definition) is 4. The molecule has 2 aromatic heterocycles. The second kappa shape index (κ2) is 6.62. The molecular weight excluding hydrogens is 376 g/mol. The molecule has 0 atom stereocenters. The monoisotopic (exact) mass is 389 g/mol. The van der Waals surface area contributed by atoms with Crippen LogP contribution >= 0.6 is 11.6 Å². The summed E-state index contributed by atoms with van der Waals surface area (Å²) >= 11 is 6.15. The molecule has 27 heavy (non-hydrogen) atoms. The normalized spacial score (nSPS) is 13.7. The van der Waals surface area contributed by atoms with Crippen molar-refractivity contribution in [3.8, 4) is 0 Å². The van der Waals surface area contributed by atoms with Crippen LogP contribution in [0.1, 0.15) is 21.6 Å². The van der Waals surface area contributed by atoms with Crippen molar-refractivity contribution < 1.29 is 13.6 Å². The average Bonchev–Trinajstić information content (AvgIpc) is 3.05. The Morgan fingerprint density at radius 1 is 1.22 bits per heavy atom. The van der Waals surface area contributed by atoms with E-state index in [1.807, 2.05) is 0 Å². The zero-order chi connectivity index (χ0) is 19.1. The van der Waals surface area contributed by atoms with Gasteiger partial charge in [-0.2, -0.15) is 5.10 Å². The van der Waals surface area contributed by atoms with E-state index in [9.17, 15) is 13.6 Å². The van der Waals surface area contributed by atoms with Gasteiger partial charge < -0.3 is 10.6 Å². The lowest BCUT2D eigenvalue weighted by molar-refractivity contribution is 0.0980. The molecule has 0 bridgehead atoms. The van der Waals surface area contributed by atoms with Crippen molar-refractivity contribution in [2.75, 3.05) is 17.2 Å². The summed E-state index contributed by atoms with van der Waals surface area (Å²) < 4.78 is 29.3. The van der Waals surface area contributed by atoms with Crippen LogP contribution in [-0.2, 0) is 13.0 Å². The first-order valence-electron chi connectivity index (χ1n) is 8.16. The molecule has 0 radical (unpaired) electrons. The Hall–Kier alpha value is -3.00. The Labute approximate surface area is 158 Å². The molecule has 4 rings (SSSR count). The number of amides is 1. The van der Waals surface area contributed by atoms with Crippen LogP contribution in [0.5, 0.6) is 0 Å². The summed E-state index contributed by atoms with van der Waals surface area (Å²) in [5.41, 5.74) is 7.06. The molecule has 3 aromatic rings. The average molecular weight is 390 g/mol. The minimum Gasteiger partial charge on any atom is -0.384 e. The van der Waals surface area contributed by atoms with Gasteiger partial charge in [-0.25, -0.2) is 13.8 Å². The van der Waals surface area contributed by atoms with Crippen molar-refractivity contribution in [2.24, 2.45) is 0 Å². The molecule has 138 valence electrons. The predicted octanol–water partition coefficient (Wildman–Crippen LogP) is 3.04. The zero-order valence-electron chi connectivity index (χ0n) is 14.0. The van der Waals surface area contributed by atoms with E-state index in [4.69, 9.17) is 17.3 Å². The lowest BCUT2D eigenvalue weighted by atomic mass is 10.1. The molecular formula is C18H14ClF2N5O. The molecule has 1 aromatic carbocycles. The van der Waals surface area contributed by atoms with Crippen LogP contribution in [0.3, 0.4) is 0 Å². The summed E-state index contributed by atoms with van der Waals surface area (Å²) in [5, 5.41) is 4.47. The van der Waals surface area contributed by atoms with Gasteiger partial charge in [0, 0.05) is 24.6 Å². The Morgan fingerprint density at radius 2 is 1.96 bits per heavy atom. The van der Waals surface area contributed by atoms with Crippen LogP contribution < -0.4 is 10.6 Å². The summed E-state index contributed by atoms with van der Waals surface area (Å²) in [6, 6.07) is 5.22. The molecule has 0 saturated heterocycles. The van der Waals surface area contributed by atoms with Crippen LogP contribution in [0, 0.1) is 11.6 Å². The number of nitrogens with two attached hydrogens (primary N) is 1. The number of fused-ring (bicyclic) bond motifs is 1. The number of rotatable bonds is 3. The zero-order valence-corrected chi connectivity index (χ0v) is 14.7. The van der Waals surface area contributed by atoms with Gasteiger partial charge in [0.2, 0.25) is 0 Å². The van der Waals surface area contributed by atoms with Crippen molar-refractivity contribution in [3.63, 3.8) is 0 Å². The van der Waals surface area contributed by atoms with E-state index in [-0.39, 0.29) is 23.8 Å². The van der Waals surface area contributed by atoms with Gasteiger partial charge >= 0.3 is 0 Å². The molecule has 3 heterocycles. The number of carbonyl (C=O) groups is 1. The third-order valence-corrected chi connectivity index (χ3v) is 4.80. The number of carbonyl (C=O) groups excluding carboxylic acids is 1. The van der Waals surface area contributed by atoms with Gasteiger partial charge in [0.25, 0.3) is 5.91 Å². The number of aromatic nitrogens is 3. The maximum absolute atomic E-state index is 13.9. The molecule has 0 spiro atoms. The van der Waals surface area contributed by atoms with Crippen LogP contribution in [0.15, 0.2) is 36.7 Å². The van der Waals surface area contributed by atoms with Crippen molar-refractivity contribution in [3.05, 3.63) is 70.1 Å². The van der Waals surface area contributed by atoms with E-state index >= 15 is 0 Å². The van der Waals surface area contributed by atoms with Crippen molar-refractivity contribution in [2.45, 2.75) is 13.0 Å². The highest BCUT2D eigenvalue weighted by Gasteiger charge is 2.30. The van der Waals surface area contributed by atoms with Crippen LogP contribution in [0.4, 0.5) is 20.3 Å². The molecule has 0 aliphatic carbocycles. The first-order valence-corrected chi connectivity index (χ1v) is 8.54. The topological polar surface area (TPSA) is 77.0 Å². The van der Waals surface area contributed by atoms with E-state index in [2.05, 4.69) is 10.1 Å². The molecule has 0 saturated carbocycles. The fraction of sp³-hybridized carbons (Fsp3) is 0.167.